The number of nitrogens with one attached hydrogen (secondary N) is 1. The molecule has 0 radical (unpaired) electrons. The standard InChI is InChI=1S/C16H12Cl2N4OS/c1-23-13-4-2-3-10(7-13)15-20-21-16(24)22(15)19-9-11-5-6-12(17)8-14(11)18/h2-9H,1H3,(H,21,24)/b19-9+. The van der Waals surface area contributed by atoms with Gasteiger partial charge in [-0.3, -0.25) is 0 Å². The normalized spacial score (nSPS) is 11.1. The van der Waals surface area contributed by atoms with E-state index < -0.39 is 0 Å². The van der Waals surface area contributed by atoms with Crippen LogP contribution in [-0.4, -0.2) is 28.2 Å². The number of hydrogen-bond donors (Lipinski definition) is 1. The van der Waals surface area contributed by atoms with Crippen LogP contribution in [0.15, 0.2) is 47.6 Å². The highest BCUT2D eigenvalue weighted by Gasteiger charge is 2.09. The van der Waals surface area contributed by atoms with Gasteiger partial charge in [-0.25, -0.2) is 5.10 Å². The minimum atomic E-state index is 0.370. The maximum Gasteiger partial charge on any atom is 0.216 e. The third kappa shape index (κ3) is 3.51. The Kier molecular flexibility index (Phi) is 4.99. The Balaban J connectivity index is 2.01. The number of H-pyrrole nitrogens is 1. The number of benzene rings is 2. The zero-order chi connectivity index (χ0) is 17.1. The first-order chi connectivity index (χ1) is 11.6. The van der Waals surface area contributed by atoms with Gasteiger partial charge in [0, 0.05) is 16.1 Å². The lowest BCUT2D eigenvalue weighted by Crippen LogP contribution is -1.96. The van der Waals surface area contributed by atoms with E-state index in [1.165, 1.54) is 4.68 Å². The Morgan fingerprint density at radius 1 is 1.25 bits per heavy atom. The number of nitrogens with zero attached hydrogens (tertiary/aromatic N) is 3. The molecule has 0 spiro atoms. The molecule has 5 nitrogen and oxygen atoms in total. The molecule has 0 fully saturated rings. The zero-order valence-electron chi connectivity index (χ0n) is 12.5. The van der Waals surface area contributed by atoms with Gasteiger partial charge in [0.2, 0.25) is 4.77 Å². The molecule has 0 aliphatic heterocycles. The molecule has 0 atom stereocenters. The summed E-state index contributed by atoms with van der Waals surface area (Å²) < 4.78 is 7.13. The molecule has 0 aliphatic rings. The molecule has 0 saturated carbocycles. The molecule has 0 unspecified atom stereocenters. The van der Waals surface area contributed by atoms with Crippen molar-refractivity contribution in [3.8, 4) is 17.1 Å². The summed E-state index contributed by atoms with van der Waals surface area (Å²) in [5, 5.41) is 12.4. The monoisotopic (exact) mass is 378 g/mol. The number of hydrogen-bond acceptors (Lipinski definition) is 4. The summed E-state index contributed by atoms with van der Waals surface area (Å²) in [6.07, 6.45) is 1.60. The first kappa shape index (κ1) is 16.7. The third-order valence-electron chi connectivity index (χ3n) is 3.25. The van der Waals surface area contributed by atoms with Crippen LogP contribution in [0.4, 0.5) is 0 Å². The summed E-state index contributed by atoms with van der Waals surface area (Å²) in [5.41, 5.74) is 1.54. The molecular formula is C16H12Cl2N4OS. The molecule has 8 heteroatoms. The van der Waals surface area contributed by atoms with E-state index in [4.69, 9.17) is 40.2 Å². The van der Waals surface area contributed by atoms with Crippen LogP contribution in [0.3, 0.4) is 0 Å². The van der Waals surface area contributed by atoms with Gasteiger partial charge in [-0.15, -0.1) is 0 Å². The fourth-order valence-electron chi connectivity index (χ4n) is 2.07. The van der Waals surface area contributed by atoms with Gasteiger partial charge in [0.05, 0.1) is 18.3 Å². The van der Waals surface area contributed by atoms with Crippen molar-refractivity contribution in [1.82, 2.24) is 14.9 Å². The fourth-order valence-corrected chi connectivity index (χ4v) is 2.71. The van der Waals surface area contributed by atoms with Gasteiger partial charge in [0.15, 0.2) is 5.82 Å². The summed E-state index contributed by atoms with van der Waals surface area (Å²) >= 11 is 17.3. The second-order valence-corrected chi connectivity index (χ2v) is 6.04. The first-order valence-electron chi connectivity index (χ1n) is 6.90. The zero-order valence-corrected chi connectivity index (χ0v) is 14.9. The maximum atomic E-state index is 6.15. The van der Waals surface area contributed by atoms with Crippen LogP contribution in [0.2, 0.25) is 10.0 Å². The smallest absolute Gasteiger partial charge is 0.216 e. The van der Waals surface area contributed by atoms with E-state index in [2.05, 4.69) is 15.3 Å². The van der Waals surface area contributed by atoms with Crippen LogP contribution in [-0.2, 0) is 0 Å². The van der Waals surface area contributed by atoms with Crippen LogP contribution < -0.4 is 4.74 Å². The largest absolute Gasteiger partial charge is 0.497 e. The second kappa shape index (κ2) is 7.17. The van der Waals surface area contributed by atoms with E-state index in [1.54, 1.807) is 31.5 Å². The lowest BCUT2D eigenvalue weighted by atomic mass is 10.2. The number of methoxy groups -OCH3 is 1. The van der Waals surface area contributed by atoms with Crippen molar-refractivity contribution in [2.45, 2.75) is 0 Å². The predicted octanol–water partition coefficient (Wildman–Crippen LogP) is 4.81. The SMILES string of the molecule is COc1cccc(-c2n[nH]c(=S)n2/N=C/c2ccc(Cl)cc2Cl)c1. The van der Waals surface area contributed by atoms with Crippen molar-refractivity contribution >= 4 is 41.6 Å². The number of rotatable bonds is 4. The van der Waals surface area contributed by atoms with Gasteiger partial charge in [-0.1, -0.05) is 41.4 Å². The predicted molar refractivity (Wildman–Crippen MR) is 98.9 cm³/mol. The van der Waals surface area contributed by atoms with E-state index in [0.717, 1.165) is 16.9 Å². The quantitative estimate of drug-likeness (QED) is 0.523. The number of halogens is 2. The molecule has 1 aromatic heterocycles. The number of aromatic amines is 1. The van der Waals surface area contributed by atoms with Crippen molar-refractivity contribution in [2.75, 3.05) is 7.11 Å². The van der Waals surface area contributed by atoms with Crippen molar-refractivity contribution in [1.29, 1.82) is 0 Å². The molecule has 0 aliphatic carbocycles. The average Bonchev–Trinajstić information content (AvgIpc) is 2.95. The lowest BCUT2D eigenvalue weighted by Gasteiger charge is -2.04. The van der Waals surface area contributed by atoms with Crippen molar-refractivity contribution in [3.05, 3.63) is 62.8 Å². The molecule has 3 aromatic rings. The molecule has 0 saturated heterocycles. The van der Waals surface area contributed by atoms with E-state index in [0.29, 0.717) is 20.6 Å². The number of aromatic nitrogens is 3. The highest BCUT2D eigenvalue weighted by atomic mass is 35.5. The topological polar surface area (TPSA) is 55.2 Å². The summed E-state index contributed by atoms with van der Waals surface area (Å²) in [4.78, 5) is 0. The molecule has 1 heterocycles. The fraction of sp³-hybridized carbons (Fsp3) is 0.0625. The van der Waals surface area contributed by atoms with Gasteiger partial charge >= 0.3 is 0 Å². The van der Waals surface area contributed by atoms with E-state index in [9.17, 15) is 0 Å². The molecule has 122 valence electrons. The van der Waals surface area contributed by atoms with Gasteiger partial charge in [-0.2, -0.15) is 14.9 Å². The summed E-state index contributed by atoms with van der Waals surface area (Å²) in [5.74, 6) is 1.29. The Morgan fingerprint density at radius 3 is 2.83 bits per heavy atom. The Hall–Kier alpha value is -2.15. The molecule has 0 amide bonds. The minimum absolute atomic E-state index is 0.370. The molecular weight excluding hydrogens is 367 g/mol. The van der Waals surface area contributed by atoms with E-state index >= 15 is 0 Å². The third-order valence-corrected chi connectivity index (χ3v) is 4.08. The van der Waals surface area contributed by atoms with Gasteiger partial charge in [-0.05, 0) is 36.5 Å². The van der Waals surface area contributed by atoms with Crippen LogP contribution in [0, 0.1) is 4.77 Å². The van der Waals surface area contributed by atoms with Crippen molar-refractivity contribution in [2.24, 2.45) is 5.10 Å². The second-order valence-electron chi connectivity index (χ2n) is 4.81. The summed E-state index contributed by atoms with van der Waals surface area (Å²) in [6, 6.07) is 12.7. The highest BCUT2D eigenvalue weighted by Crippen LogP contribution is 2.23. The lowest BCUT2D eigenvalue weighted by molar-refractivity contribution is 0.415. The van der Waals surface area contributed by atoms with Crippen LogP contribution in [0.5, 0.6) is 5.75 Å². The van der Waals surface area contributed by atoms with Gasteiger partial charge in [0.1, 0.15) is 5.75 Å². The molecule has 0 bridgehead atoms. The van der Waals surface area contributed by atoms with Crippen molar-refractivity contribution < 1.29 is 4.74 Å². The van der Waals surface area contributed by atoms with E-state index in [1.807, 2.05) is 24.3 Å². The Morgan fingerprint density at radius 2 is 2.08 bits per heavy atom. The number of ether oxygens (including phenoxy) is 1. The van der Waals surface area contributed by atoms with Crippen LogP contribution >= 0.6 is 35.4 Å². The minimum Gasteiger partial charge on any atom is -0.497 e. The first-order valence-corrected chi connectivity index (χ1v) is 8.06. The maximum absolute atomic E-state index is 6.15. The van der Waals surface area contributed by atoms with Crippen LogP contribution in [0.25, 0.3) is 11.4 Å². The molecule has 3 rings (SSSR count). The molecule has 1 N–H and O–H groups in total. The van der Waals surface area contributed by atoms with Crippen molar-refractivity contribution in [3.63, 3.8) is 0 Å². The Bertz CT molecular complexity index is 965. The summed E-state index contributed by atoms with van der Waals surface area (Å²) in [7, 11) is 1.61. The molecule has 24 heavy (non-hydrogen) atoms. The van der Waals surface area contributed by atoms with Gasteiger partial charge in [0.25, 0.3) is 0 Å². The highest BCUT2D eigenvalue weighted by molar-refractivity contribution is 7.71. The average molecular weight is 379 g/mol. The Labute approximate surface area is 153 Å². The van der Waals surface area contributed by atoms with Crippen LogP contribution in [0.1, 0.15) is 5.56 Å². The molecule has 2 aromatic carbocycles. The van der Waals surface area contributed by atoms with E-state index in [-0.39, 0.29) is 0 Å². The van der Waals surface area contributed by atoms with Gasteiger partial charge < -0.3 is 4.74 Å². The summed E-state index contributed by atoms with van der Waals surface area (Å²) in [6.45, 7) is 0.